The van der Waals surface area contributed by atoms with Gasteiger partial charge in [0.2, 0.25) is 0 Å². The van der Waals surface area contributed by atoms with E-state index in [1.54, 1.807) is 0 Å². The predicted octanol–water partition coefficient (Wildman–Crippen LogP) is 1.19. The Morgan fingerprint density at radius 2 is 2.31 bits per heavy atom. The van der Waals surface area contributed by atoms with Crippen LogP contribution in [0.15, 0.2) is 0 Å². The van der Waals surface area contributed by atoms with Gasteiger partial charge in [-0.1, -0.05) is 13.8 Å². The molecule has 0 aliphatic carbocycles. The average Bonchev–Trinajstić information content (AvgIpc) is 2.51. The summed E-state index contributed by atoms with van der Waals surface area (Å²) in [5.74, 6) is 0.491. The molecular formula is C10H19NO2. The first kappa shape index (κ1) is 10.5. The van der Waals surface area contributed by atoms with E-state index in [2.05, 4.69) is 19.2 Å². The van der Waals surface area contributed by atoms with Gasteiger partial charge >= 0.3 is 5.97 Å². The van der Waals surface area contributed by atoms with Crippen molar-refractivity contribution in [2.24, 2.45) is 11.3 Å². The third-order valence-electron chi connectivity index (χ3n) is 2.66. The second-order valence-corrected chi connectivity index (χ2v) is 4.30. The third kappa shape index (κ3) is 2.21. The van der Waals surface area contributed by atoms with Gasteiger partial charge in [-0.15, -0.1) is 0 Å². The van der Waals surface area contributed by atoms with E-state index < -0.39 is 0 Å². The van der Waals surface area contributed by atoms with Crippen LogP contribution in [0.2, 0.25) is 0 Å². The molecule has 0 radical (unpaired) electrons. The second kappa shape index (κ2) is 4.09. The molecule has 0 bridgehead atoms. The number of carbonyl (C=O) groups is 1. The Bertz CT molecular complexity index is 183. The van der Waals surface area contributed by atoms with Gasteiger partial charge in [0.1, 0.15) is 0 Å². The molecular weight excluding hydrogens is 166 g/mol. The number of esters is 1. The molecule has 0 aromatic carbocycles. The van der Waals surface area contributed by atoms with E-state index in [0.717, 1.165) is 25.9 Å². The quantitative estimate of drug-likeness (QED) is 0.671. The molecule has 76 valence electrons. The summed E-state index contributed by atoms with van der Waals surface area (Å²) in [6.07, 6.45) is 1.84. The normalized spacial score (nSPS) is 28.0. The SMILES string of the molecule is COC(=O)C1(CC(C)C)CCNC1. The lowest BCUT2D eigenvalue weighted by Gasteiger charge is -2.26. The molecule has 1 heterocycles. The monoisotopic (exact) mass is 185 g/mol. The zero-order valence-corrected chi connectivity index (χ0v) is 8.72. The number of ether oxygens (including phenoxy) is 1. The lowest BCUT2D eigenvalue weighted by Crippen LogP contribution is -2.35. The van der Waals surface area contributed by atoms with Crippen molar-refractivity contribution in [2.45, 2.75) is 26.7 Å². The van der Waals surface area contributed by atoms with Crippen LogP contribution in [0.4, 0.5) is 0 Å². The van der Waals surface area contributed by atoms with Crippen molar-refractivity contribution in [2.75, 3.05) is 20.2 Å². The first-order chi connectivity index (χ1) is 6.10. The first-order valence-corrected chi connectivity index (χ1v) is 4.90. The molecule has 0 aromatic rings. The number of rotatable bonds is 3. The first-order valence-electron chi connectivity index (χ1n) is 4.90. The van der Waals surface area contributed by atoms with Crippen LogP contribution in [-0.4, -0.2) is 26.2 Å². The van der Waals surface area contributed by atoms with Crippen molar-refractivity contribution in [3.8, 4) is 0 Å². The number of hydrogen-bond donors (Lipinski definition) is 1. The average molecular weight is 185 g/mol. The summed E-state index contributed by atoms with van der Waals surface area (Å²) in [4.78, 5) is 11.6. The summed E-state index contributed by atoms with van der Waals surface area (Å²) in [7, 11) is 1.47. The summed E-state index contributed by atoms with van der Waals surface area (Å²) >= 11 is 0. The van der Waals surface area contributed by atoms with Crippen molar-refractivity contribution in [3.63, 3.8) is 0 Å². The van der Waals surface area contributed by atoms with Crippen LogP contribution in [0.3, 0.4) is 0 Å². The number of nitrogens with one attached hydrogen (secondary N) is 1. The highest BCUT2D eigenvalue weighted by atomic mass is 16.5. The van der Waals surface area contributed by atoms with Crippen molar-refractivity contribution < 1.29 is 9.53 Å². The fraction of sp³-hybridized carbons (Fsp3) is 0.900. The van der Waals surface area contributed by atoms with Gasteiger partial charge in [-0.25, -0.2) is 0 Å². The van der Waals surface area contributed by atoms with Crippen molar-refractivity contribution in [1.29, 1.82) is 0 Å². The zero-order valence-electron chi connectivity index (χ0n) is 8.72. The second-order valence-electron chi connectivity index (χ2n) is 4.30. The molecule has 1 atom stereocenters. The summed E-state index contributed by atoms with van der Waals surface area (Å²) in [5, 5.41) is 3.23. The highest BCUT2D eigenvalue weighted by Gasteiger charge is 2.42. The Morgan fingerprint density at radius 3 is 2.69 bits per heavy atom. The molecule has 0 spiro atoms. The van der Waals surface area contributed by atoms with E-state index in [1.165, 1.54) is 7.11 Å². The zero-order chi connectivity index (χ0) is 9.90. The van der Waals surface area contributed by atoms with Crippen LogP contribution < -0.4 is 5.32 Å². The highest BCUT2D eigenvalue weighted by molar-refractivity contribution is 5.77. The van der Waals surface area contributed by atoms with Gasteiger partial charge in [-0.2, -0.15) is 0 Å². The van der Waals surface area contributed by atoms with Gasteiger partial charge in [-0.05, 0) is 25.3 Å². The fourth-order valence-electron chi connectivity index (χ4n) is 2.17. The largest absolute Gasteiger partial charge is 0.469 e. The summed E-state index contributed by atoms with van der Waals surface area (Å²) in [5.41, 5.74) is -0.247. The molecule has 3 heteroatoms. The van der Waals surface area contributed by atoms with E-state index in [-0.39, 0.29) is 11.4 Å². The van der Waals surface area contributed by atoms with E-state index in [1.807, 2.05) is 0 Å². The lowest BCUT2D eigenvalue weighted by molar-refractivity contribution is -0.152. The molecule has 0 aromatic heterocycles. The van der Waals surface area contributed by atoms with Crippen molar-refractivity contribution >= 4 is 5.97 Å². The van der Waals surface area contributed by atoms with Gasteiger partial charge in [-0.3, -0.25) is 4.79 Å². The molecule has 0 amide bonds. The van der Waals surface area contributed by atoms with E-state index in [0.29, 0.717) is 5.92 Å². The standard InChI is InChI=1S/C10H19NO2/c1-8(2)6-10(9(12)13-3)4-5-11-7-10/h8,11H,4-7H2,1-3H3. The highest BCUT2D eigenvalue weighted by Crippen LogP contribution is 2.34. The third-order valence-corrected chi connectivity index (χ3v) is 2.66. The predicted molar refractivity (Wildman–Crippen MR) is 51.4 cm³/mol. The topological polar surface area (TPSA) is 38.3 Å². The Balaban J connectivity index is 2.68. The van der Waals surface area contributed by atoms with Gasteiger partial charge in [0, 0.05) is 6.54 Å². The lowest BCUT2D eigenvalue weighted by atomic mass is 9.79. The van der Waals surface area contributed by atoms with Crippen LogP contribution in [0, 0.1) is 11.3 Å². The molecule has 1 N–H and O–H groups in total. The molecule has 0 saturated carbocycles. The van der Waals surface area contributed by atoms with Crippen LogP contribution in [-0.2, 0) is 9.53 Å². The van der Waals surface area contributed by atoms with Crippen LogP contribution in [0.25, 0.3) is 0 Å². The Labute approximate surface area is 79.8 Å². The maximum absolute atomic E-state index is 11.6. The van der Waals surface area contributed by atoms with Gasteiger partial charge in [0.05, 0.1) is 12.5 Å². The minimum atomic E-state index is -0.247. The minimum absolute atomic E-state index is 0.0498. The summed E-state index contributed by atoms with van der Waals surface area (Å²) < 4.78 is 4.86. The Kier molecular flexibility index (Phi) is 3.31. The van der Waals surface area contributed by atoms with E-state index in [9.17, 15) is 4.79 Å². The van der Waals surface area contributed by atoms with Gasteiger partial charge < -0.3 is 10.1 Å². The van der Waals surface area contributed by atoms with Crippen LogP contribution >= 0.6 is 0 Å². The van der Waals surface area contributed by atoms with E-state index >= 15 is 0 Å². The fourth-order valence-corrected chi connectivity index (χ4v) is 2.17. The smallest absolute Gasteiger partial charge is 0.313 e. The van der Waals surface area contributed by atoms with Crippen molar-refractivity contribution in [3.05, 3.63) is 0 Å². The maximum atomic E-state index is 11.6. The van der Waals surface area contributed by atoms with E-state index in [4.69, 9.17) is 4.74 Å². The van der Waals surface area contributed by atoms with Crippen molar-refractivity contribution in [1.82, 2.24) is 5.32 Å². The Morgan fingerprint density at radius 1 is 1.62 bits per heavy atom. The molecule has 1 fully saturated rings. The molecule has 1 aliphatic rings. The van der Waals surface area contributed by atoms with Crippen LogP contribution in [0.1, 0.15) is 26.7 Å². The number of hydrogen-bond acceptors (Lipinski definition) is 3. The minimum Gasteiger partial charge on any atom is -0.469 e. The van der Waals surface area contributed by atoms with Crippen LogP contribution in [0.5, 0.6) is 0 Å². The van der Waals surface area contributed by atoms with Gasteiger partial charge in [0.25, 0.3) is 0 Å². The molecule has 1 unspecified atom stereocenters. The maximum Gasteiger partial charge on any atom is 0.313 e. The molecule has 1 saturated heterocycles. The molecule has 3 nitrogen and oxygen atoms in total. The molecule has 1 aliphatic heterocycles. The number of methoxy groups -OCH3 is 1. The number of carbonyl (C=O) groups excluding carboxylic acids is 1. The molecule has 1 rings (SSSR count). The molecule has 13 heavy (non-hydrogen) atoms. The van der Waals surface area contributed by atoms with Gasteiger partial charge in [0.15, 0.2) is 0 Å². The Hall–Kier alpha value is -0.570. The summed E-state index contributed by atoms with van der Waals surface area (Å²) in [6, 6.07) is 0. The summed E-state index contributed by atoms with van der Waals surface area (Å²) in [6.45, 7) is 5.99.